The van der Waals surface area contributed by atoms with E-state index in [0.29, 0.717) is 17.8 Å². The quantitative estimate of drug-likeness (QED) is 0.524. The number of likely N-dealkylation sites (tertiary alicyclic amines) is 1. The maximum Gasteiger partial charge on any atom is 0.248 e. The van der Waals surface area contributed by atoms with Crippen LogP contribution in [0.3, 0.4) is 0 Å². The van der Waals surface area contributed by atoms with Gasteiger partial charge in [0.1, 0.15) is 0 Å². The van der Waals surface area contributed by atoms with Crippen molar-refractivity contribution in [3.05, 3.63) is 65.7 Å². The molecule has 170 valence electrons. The molecule has 0 spiro atoms. The van der Waals surface area contributed by atoms with Crippen molar-refractivity contribution in [3.63, 3.8) is 0 Å². The summed E-state index contributed by atoms with van der Waals surface area (Å²) in [5, 5.41) is 2.80. The first-order valence-electron chi connectivity index (χ1n) is 10.4. The summed E-state index contributed by atoms with van der Waals surface area (Å²) in [4.78, 5) is 26.0. The van der Waals surface area contributed by atoms with E-state index in [9.17, 15) is 18.0 Å². The van der Waals surface area contributed by atoms with Gasteiger partial charge in [-0.05, 0) is 67.9 Å². The summed E-state index contributed by atoms with van der Waals surface area (Å²) in [7, 11) is -2.13. The van der Waals surface area contributed by atoms with Crippen LogP contribution < -0.4 is 15.8 Å². The van der Waals surface area contributed by atoms with Crippen LogP contribution in [0.1, 0.15) is 24.0 Å². The minimum atomic E-state index is -3.48. The molecule has 2 amide bonds. The number of hydrogen-bond donors (Lipinski definition) is 3. The number of sulfonamides is 1. The number of amides is 2. The molecule has 1 atom stereocenters. The Morgan fingerprint density at radius 2 is 1.81 bits per heavy atom. The molecule has 1 aliphatic heterocycles. The molecule has 0 radical (unpaired) electrons. The Bertz CT molecular complexity index is 1080. The lowest BCUT2D eigenvalue weighted by Crippen LogP contribution is -2.40. The summed E-state index contributed by atoms with van der Waals surface area (Å²) in [5.74, 6) is -0.609. The van der Waals surface area contributed by atoms with Gasteiger partial charge in [-0.1, -0.05) is 24.3 Å². The highest BCUT2D eigenvalue weighted by Crippen LogP contribution is 2.19. The molecule has 1 unspecified atom stereocenters. The molecule has 0 aliphatic carbocycles. The molecule has 2 aromatic rings. The zero-order valence-electron chi connectivity index (χ0n) is 18.0. The molecule has 0 saturated carbocycles. The van der Waals surface area contributed by atoms with Gasteiger partial charge in [0.2, 0.25) is 21.8 Å². The summed E-state index contributed by atoms with van der Waals surface area (Å²) in [5.41, 5.74) is 7.92. The van der Waals surface area contributed by atoms with E-state index >= 15 is 0 Å². The number of rotatable bonds is 8. The molecule has 4 N–H and O–H groups in total. The zero-order valence-corrected chi connectivity index (χ0v) is 18.8. The molecular formula is C23H28N4O4S. The van der Waals surface area contributed by atoms with Crippen molar-refractivity contribution in [2.75, 3.05) is 25.5 Å². The fourth-order valence-electron chi connectivity index (χ4n) is 3.61. The smallest absolute Gasteiger partial charge is 0.248 e. The Labute approximate surface area is 188 Å². The minimum absolute atomic E-state index is 0.0852. The standard InChI is InChI=1S/C23H28N4O4S/c1-25-32(30,31)21-11-6-17(7-12-21)8-13-22(28)26-20-9-4-18(5-10-20)15-27-14-2-3-19(16-27)23(24)29/h4-13,19,25H,2-3,14-16H2,1H3,(H2,24,29)(H,26,28)/b13-8+. The maximum absolute atomic E-state index is 12.2. The Balaban J connectivity index is 1.53. The normalized spacial score (nSPS) is 17.3. The lowest BCUT2D eigenvalue weighted by molar-refractivity contribution is -0.123. The predicted octanol–water partition coefficient (Wildman–Crippen LogP) is 1.94. The van der Waals surface area contributed by atoms with Crippen molar-refractivity contribution >= 4 is 33.6 Å². The summed E-state index contributed by atoms with van der Waals surface area (Å²) in [6.07, 6.45) is 4.82. The van der Waals surface area contributed by atoms with Gasteiger partial charge in [0, 0.05) is 24.9 Å². The topological polar surface area (TPSA) is 122 Å². The second kappa shape index (κ2) is 10.5. The van der Waals surface area contributed by atoms with Crippen LogP contribution in [0.25, 0.3) is 6.08 Å². The predicted molar refractivity (Wildman–Crippen MR) is 124 cm³/mol. The van der Waals surface area contributed by atoms with E-state index in [1.807, 2.05) is 24.3 Å². The first-order chi connectivity index (χ1) is 15.3. The van der Waals surface area contributed by atoms with Crippen LogP contribution in [0.2, 0.25) is 0 Å². The molecule has 0 aromatic heterocycles. The van der Waals surface area contributed by atoms with Gasteiger partial charge in [0.05, 0.1) is 10.8 Å². The third-order valence-electron chi connectivity index (χ3n) is 5.42. The Hall–Kier alpha value is -3.01. The molecule has 0 bridgehead atoms. The van der Waals surface area contributed by atoms with E-state index in [-0.39, 0.29) is 22.6 Å². The van der Waals surface area contributed by atoms with Gasteiger partial charge in [-0.2, -0.15) is 0 Å². The van der Waals surface area contributed by atoms with Crippen LogP contribution in [-0.4, -0.2) is 45.3 Å². The van der Waals surface area contributed by atoms with Gasteiger partial charge >= 0.3 is 0 Å². The molecule has 1 heterocycles. The first-order valence-corrected chi connectivity index (χ1v) is 11.9. The number of nitrogens with two attached hydrogens (primary N) is 1. The molecule has 8 nitrogen and oxygen atoms in total. The maximum atomic E-state index is 12.2. The lowest BCUT2D eigenvalue weighted by atomic mass is 9.97. The van der Waals surface area contributed by atoms with E-state index in [1.54, 1.807) is 18.2 Å². The number of carbonyl (C=O) groups is 2. The molecular weight excluding hydrogens is 428 g/mol. The van der Waals surface area contributed by atoms with Gasteiger partial charge in [0.25, 0.3) is 0 Å². The summed E-state index contributed by atoms with van der Waals surface area (Å²) in [6, 6.07) is 13.8. The number of hydrogen-bond acceptors (Lipinski definition) is 5. The van der Waals surface area contributed by atoms with Crippen molar-refractivity contribution in [3.8, 4) is 0 Å². The Kier molecular flexibility index (Phi) is 7.79. The number of benzene rings is 2. The van der Waals surface area contributed by atoms with Gasteiger partial charge in [-0.15, -0.1) is 0 Å². The number of piperidine rings is 1. The molecule has 1 saturated heterocycles. The fraction of sp³-hybridized carbons (Fsp3) is 0.304. The van der Waals surface area contributed by atoms with Crippen molar-refractivity contribution < 1.29 is 18.0 Å². The fourth-order valence-corrected chi connectivity index (χ4v) is 4.34. The number of carbonyl (C=O) groups excluding carboxylic acids is 2. The van der Waals surface area contributed by atoms with Crippen LogP contribution >= 0.6 is 0 Å². The molecule has 32 heavy (non-hydrogen) atoms. The Morgan fingerprint density at radius 3 is 2.44 bits per heavy atom. The summed E-state index contributed by atoms with van der Waals surface area (Å²) in [6.45, 7) is 2.35. The van der Waals surface area contributed by atoms with E-state index in [4.69, 9.17) is 5.73 Å². The monoisotopic (exact) mass is 456 g/mol. The van der Waals surface area contributed by atoms with Crippen LogP contribution in [0.4, 0.5) is 5.69 Å². The second-order valence-electron chi connectivity index (χ2n) is 7.77. The molecule has 9 heteroatoms. The largest absolute Gasteiger partial charge is 0.369 e. The number of nitrogens with one attached hydrogen (secondary N) is 2. The number of primary amides is 1. The third kappa shape index (κ3) is 6.49. The van der Waals surface area contributed by atoms with Gasteiger partial charge < -0.3 is 11.1 Å². The minimum Gasteiger partial charge on any atom is -0.369 e. The van der Waals surface area contributed by atoms with Gasteiger partial charge in [0.15, 0.2) is 0 Å². The highest BCUT2D eigenvalue weighted by atomic mass is 32.2. The van der Waals surface area contributed by atoms with Crippen molar-refractivity contribution in [1.82, 2.24) is 9.62 Å². The Morgan fingerprint density at radius 1 is 1.12 bits per heavy atom. The van der Waals surface area contributed by atoms with Crippen LogP contribution in [0.15, 0.2) is 59.5 Å². The van der Waals surface area contributed by atoms with Gasteiger partial charge in [-0.3, -0.25) is 14.5 Å². The zero-order chi connectivity index (χ0) is 23.1. The lowest BCUT2D eigenvalue weighted by Gasteiger charge is -2.31. The van der Waals surface area contributed by atoms with Crippen molar-refractivity contribution in [2.24, 2.45) is 11.7 Å². The molecule has 1 fully saturated rings. The second-order valence-corrected chi connectivity index (χ2v) is 9.66. The SMILES string of the molecule is CNS(=O)(=O)c1ccc(/C=C/C(=O)Nc2ccc(CN3CCCC(C(N)=O)C3)cc2)cc1. The molecule has 2 aromatic carbocycles. The van der Waals surface area contributed by atoms with E-state index < -0.39 is 10.0 Å². The molecule has 1 aliphatic rings. The summed E-state index contributed by atoms with van der Waals surface area (Å²) < 4.78 is 25.7. The number of nitrogens with zero attached hydrogens (tertiary/aromatic N) is 1. The van der Waals surface area contributed by atoms with Crippen LogP contribution in [0.5, 0.6) is 0 Å². The van der Waals surface area contributed by atoms with E-state index in [2.05, 4.69) is 14.9 Å². The van der Waals surface area contributed by atoms with Crippen LogP contribution in [-0.2, 0) is 26.2 Å². The first kappa shape index (κ1) is 23.6. The highest BCUT2D eigenvalue weighted by Gasteiger charge is 2.23. The van der Waals surface area contributed by atoms with Crippen molar-refractivity contribution in [1.29, 1.82) is 0 Å². The third-order valence-corrected chi connectivity index (χ3v) is 6.85. The summed E-state index contributed by atoms with van der Waals surface area (Å²) >= 11 is 0. The average molecular weight is 457 g/mol. The van der Waals surface area contributed by atoms with Gasteiger partial charge in [-0.25, -0.2) is 13.1 Å². The average Bonchev–Trinajstić information content (AvgIpc) is 2.79. The van der Waals surface area contributed by atoms with E-state index in [1.165, 1.54) is 25.3 Å². The molecule has 3 rings (SSSR count). The van der Waals surface area contributed by atoms with E-state index in [0.717, 1.165) is 31.5 Å². The number of anilines is 1. The highest BCUT2D eigenvalue weighted by molar-refractivity contribution is 7.89. The van der Waals surface area contributed by atoms with Crippen LogP contribution in [0, 0.1) is 5.92 Å². The van der Waals surface area contributed by atoms with Crippen molar-refractivity contribution in [2.45, 2.75) is 24.3 Å².